The van der Waals surface area contributed by atoms with Gasteiger partial charge in [0, 0.05) is 24.2 Å². The summed E-state index contributed by atoms with van der Waals surface area (Å²) < 4.78 is 38.6. The van der Waals surface area contributed by atoms with Gasteiger partial charge in [-0.1, -0.05) is 6.07 Å². The Morgan fingerprint density at radius 2 is 2.00 bits per heavy atom. The Hall–Kier alpha value is -1.53. The summed E-state index contributed by atoms with van der Waals surface area (Å²) in [5.74, 6) is 0. The van der Waals surface area contributed by atoms with Crippen LogP contribution in [0, 0.1) is 0 Å². The molecule has 0 saturated carbocycles. The number of benzene rings is 1. The maximum absolute atomic E-state index is 12.9. The topological polar surface area (TPSA) is 29.3 Å². The highest BCUT2D eigenvalue weighted by atomic mass is 32.1. The lowest BCUT2D eigenvalue weighted by molar-refractivity contribution is -0.138. The van der Waals surface area contributed by atoms with Gasteiger partial charge in [-0.05, 0) is 42.1 Å². The molecule has 0 amide bonds. The Labute approximate surface area is 126 Å². The second kappa shape index (κ2) is 6.07. The van der Waals surface area contributed by atoms with Gasteiger partial charge in [0.25, 0.3) is 0 Å². The molecule has 0 bridgehead atoms. The fourth-order valence-corrected chi connectivity index (χ4v) is 3.01. The van der Waals surface area contributed by atoms with E-state index < -0.39 is 11.7 Å². The molecule has 0 fully saturated rings. The second-order valence-electron chi connectivity index (χ2n) is 4.85. The first-order valence-electron chi connectivity index (χ1n) is 6.51. The summed E-state index contributed by atoms with van der Waals surface area (Å²) in [7, 11) is 1.87. The maximum atomic E-state index is 12.9. The highest BCUT2D eigenvalue weighted by Gasteiger charge is 2.33. The van der Waals surface area contributed by atoms with E-state index in [2.05, 4.69) is 0 Å². The third kappa shape index (κ3) is 3.39. The van der Waals surface area contributed by atoms with Crippen molar-refractivity contribution in [2.75, 3.05) is 11.9 Å². The summed E-state index contributed by atoms with van der Waals surface area (Å²) in [4.78, 5) is 3.11. The van der Waals surface area contributed by atoms with Crippen molar-refractivity contribution in [3.8, 4) is 0 Å². The van der Waals surface area contributed by atoms with Crippen LogP contribution in [0.3, 0.4) is 0 Å². The number of rotatable bonds is 4. The number of nitrogens with zero attached hydrogens (tertiary/aromatic N) is 1. The van der Waals surface area contributed by atoms with Crippen molar-refractivity contribution in [1.82, 2.24) is 0 Å². The molecule has 0 saturated heterocycles. The van der Waals surface area contributed by atoms with Crippen LogP contribution in [-0.4, -0.2) is 7.05 Å². The minimum Gasteiger partial charge on any atom is -0.367 e. The van der Waals surface area contributed by atoms with Crippen molar-refractivity contribution in [3.63, 3.8) is 0 Å². The van der Waals surface area contributed by atoms with Gasteiger partial charge in [0.2, 0.25) is 0 Å². The molecule has 2 nitrogen and oxygen atoms in total. The Kier molecular flexibility index (Phi) is 4.58. The maximum Gasteiger partial charge on any atom is 0.416 e. The quantitative estimate of drug-likeness (QED) is 0.905. The van der Waals surface area contributed by atoms with Gasteiger partial charge < -0.3 is 10.6 Å². The molecule has 0 radical (unpaired) electrons. The van der Waals surface area contributed by atoms with Gasteiger partial charge in [-0.2, -0.15) is 13.2 Å². The molecular formula is C15H17F3N2S. The number of halogens is 3. The molecule has 6 heteroatoms. The van der Waals surface area contributed by atoms with Crippen LogP contribution in [0.25, 0.3) is 0 Å². The number of alkyl halides is 3. The Balaban J connectivity index is 2.32. The Morgan fingerprint density at radius 3 is 2.52 bits per heavy atom. The summed E-state index contributed by atoms with van der Waals surface area (Å²) in [5.41, 5.74) is 5.65. The van der Waals surface area contributed by atoms with Crippen LogP contribution in [0.5, 0.6) is 0 Å². The molecule has 1 unspecified atom stereocenters. The largest absolute Gasteiger partial charge is 0.416 e. The van der Waals surface area contributed by atoms with Crippen molar-refractivity contribution < 1.29 is 13.2 Å². The standard InChI is InChI=1S/C15H17F3N2S/c1-10(14-4-3-7-21-14)20(2)12-5-6-13(15(16,17)18)11(8-12)9-19/h3-8,10H,9,19H2,1-2H3. The summed E-state index contributed by atoms with van der Waals surface area (Å²) in [6, 6.07) is 8.18. The van der Waals surface area contributed by atoms with Crippen molar-refractivity contribution in [2.24, 2.45) is 5.73 Å². The Morgan fingerprint density at radius 1 is 1.29 bits per heavy atom. The van der Waals surface area contributed by atoms with Gasteiger partial charge in [0.1, 0.15) is 0 Å². The molecule has 2 N–H and O–H groups in total. The first-order valence-corrected chi connectivity index (χ1v) is 7.39. The van der Waals surface area contributed by atoms with Gasteiger partial charge in [0.15, 0.2) is 0 Å². The molecule has 1 aromatic heterocycles. The van der Waals surface area contributed by atoms with Crippen LogP contribution in [0.15, 0.2) is 35.7 Å². The average Bonchev–Trinajstić information content (AvgIpc) is 2.98. The molecule has 0 aliphatic heterocycles. The van der Waals surface area contributed by atoms with Crippen molar-refractivity contribution >= 4 is 17.0 Å². The number of anilines is 1. The zero-order valence-corrected chi connectivity index (χ0v) is 12.6. The number of hydrogen-bond acceptors (Lipinski definition) is 3. The molecule has 2 rings (SSSR count). The molecule has 2 aromatic rings. The zero-order chi connectivity index (χ0) is 15.6. The number of thiophene rings is 1. The van der Waals surface area contributed by atoms with E-state index in [1.54, 1.807) is 11.3 Å². The minimum absolute atomic E-state index is 0.0901. The van der Waals surface area contributed by atoms with Crippen LogP contribution < -0.4 is 10.6 Å². The number of nitrogens with two attached hydrogens (primary N) is 1. The highest BCUT2D eigenvalue weighted by Crippen LogP contribution is 2.35. The zero-order valence-electron chi connectivity index (χ0n) is 11.8. The molecule has 0 aliphatic rings. The molecular weight excluding hydrogens is 297 g/mol. The third-order valence-corrected chi connectivity index (χ3v) is 4.60. The molecule has 1 atom stereocenters. The lowest BCUT2D eigenvalue weighted by atomic mass is 10.0. The van der Waals surface area contributed by atoms with E-state index in [-0.39, 0.29) is 18.2 Å². The summed E-state index contributed by atoms with van der Waals surface area (Å²) >= 11 is 1.63. The van der Waals surface area contributed by atoms with E-state index in [4.69, 9.17) is 5.73 Å². The average molecular weight is 314 g/mol. The van der Waals surface area contributed by atoms with Crippen LogP contribution >= 0.6 is 11.3 Å². The van der Waals surface area contributed by atoms with Gasteiger partial charge in [-0.15, -0.1) is 11.3 Å². The van der Waals surface area contributed by atoms with Gasteiger partial charge in [-0.3, -0.25) is 0 Å². The summed E-state index contributed by atoms with van der Waals surface area (Å²) in [6.45, 7) is 1.88. The van der Waals surface area contributed by atoms with E-state index >= 15 is 0 Å². The molecule has 0 spiro atoms. The van der Waals surface area contributed by atoms with Crippen molar-refractivity contribution in [2.45, 2.75) is 25.7 Å². The smallest absolute Gasteiger partial charge is 0.367 e. The monoisotopic (exact) mass is 314 g/mol. The Bertz CT molecular complexity index is 593. The second-order valence-corrected chi connectivity index (χ2v) is 5.82. The lowest BCUT2D eigenvalue weighted by Gasteiger charge is -2.27. The molecule has 1 heterocycles. The van der Waals surface area contributed by atoms with E-state index in [1.807, 2.05) is 36.4 Å². The van der Waals surface area contributed by atoms with Gasteiger partial charge >= 0.3 is 6.18 Å². The van der Waals surface area contributed by atoms with Gasteiger partial charge in [0.05, 0.1) is 11.6 Å². The van der Waals surface area contributed by atoms with E-state index in [1.165, 1.54) is 12.1 Å². The van der Waals surface area contributed by atoms with Crippen LogP contribution in [0.1, 0.15) is 29.0 Å². The molecule has 21 heavy (non-hydrogen) atoms. The minimum atomic E-state index is -4.37. The highest BCUT2D eigenvalue weighted by molar-refractivity contribution is 7.10. The molecule has 1 aromatic carbocycles. The summed E-state index contributed by atoms with van der Waals surface area (Å²) in [6.07, 6.45) is -4.37. The normalized spacial score (nSPS) is 13.2. The number of hydrogen-bond donors (Lipinski definition) is 1. The fourth-order valence-electron chi connectivity index (χ4n) is 2.19. The van der Waals surface area contributed by atoms with Crippen molar-refractivity contribution in [1.29, 1.82) is 0 Å². The lowest BCUT2D eigenvalue weighted by Crippen LogP contribution is -2.22. The van der Waals surface area contributed by atoms with Crippen molar-refractivity contribution in [3.05, 3.63) is 51.7 Å². The van der Waals surface area contributed by atoms with E-state index in [9.17, 15) is 13.2 Å². The molecule has 114 valence electrons. The SMILES string of the molecule is CC(c1cccs1)N(C)c1ccc(C(F)(F)F)c(CN)c1. The van der Waals surface area contributed by atoms with Crippen LogP contribution in [0.2, 0.25) is 0 Å². The van der Waals surface area contributed by atoms with E-state index in [0.29, 0.717) is 0 Å². The predicted octanol–water partition coefficient (Wildman–Crippen LogP) is 4.42. The first-order chi connectivity index (χ1) is 9.84. The fraction of sp³-hybridized carbons (Fsp3) is 0.333. The van der Waals surface area contributed by atoms with E-state index in [0.717, 1.165) is 16.6 Å². The predicted molar refractivity (Wildman–Crippen MR) is 80.5 cm³/mol. The van der Waals surface area contributed by atoms with Crippen LogP contribution in [-0.2, 0) is 12.7 Å². The van der Waals surface area contributed by atoms with Crippen LogP contribution in [0.4, 0.5) is 18.9 Å². The molecule has 0 aliphatic carbocycles. The first kappa shape index (κ1) is 15.9. The van der Waals surface area contributed by atoms with Gasteiger partial charge in [-0.25, -0.2) is 0 Å². The third-order valence-electron chi connectivity index (χ3n) is 3.56. The summed E-state index contributed by atoms with van der Waals surface area (Å²) in [5, 5.41) is 1.98.